The van der Waals surface area contributed by atoms with E-state index in [9.17, 15) is 13.2 Å². The lowest BCUT2D eigenvalue weighted by Crippen LogP contribution is -2.34. The summed E-state index contributed by atoms with van der Waals surface area (Å²) in [6, 6.07) is 0. The molecule has 2 rings (SSSR count). The van der Waals surface area contributed by atoms with Gasteiger partial charge in [0.1, 0.15) is 6.10 Å². The molecule has 0 radical (unpaired) electrons. The average molecular weight is 236 g/mol. The van der Waals surface area contributed by atoms with Crippen molar-refractivity contribution in [3.63, 3.8) is 0 Å². The topological polar surface area (TPSA) is 20.2 Å². The number of halogens is 3. The Balaban J connectivity index is 2.03. The molecule has 2 bridgehead atoms. The van der Waals surface area contributed by atoms with Gasteiger partial charge in [0.25, 0.3) is 0 Å². The second-order valence-electron chi connectivity index (χ2n) is 6.34. The van der Waals surface area contributed by atoms with Crippen LogP contribution in [0.25, 0.3) is 0 Å². The van der Waals surface area contributed by atoms with E-state index in [-0.39, 0.29) is 23.2 Å². The molecule has 2 aliphatic carbocycles. The van der Waals surface area contributed by atoms with E-state index in [0.717, 1.165) is 25.7 Å². The summed E-state index contributed by atoms with van der Waals surface area (Å²) in [6.45, 7) is 4.25. The fourth-order valence-electron chi connectivity index (χ4n) is 3.87. The summed E-state index contributed by atoms with van der Waals surface area (Å²) in [7, 11) is 0. The number of hydrogen-bond donors (Lipinski definition) is 1. The molecule has 16 heavy (non-hydrogen) atoms. The summed E-state index contributed by atoms with van der Waals surface area (Å²) >= 11 is 0. The van der Waals surface area contributed by atoms with E-state index in [1.54, 1.807) is 0 Å². The van der Waals surface area contributed by atoms with Crippen molar-refractivity contribution in [2.75, 3.05) is 0 Å². The molecule has 2 saturated carbocycles. The van der Waals surface area contributed by atoms with Crippen molar-refractivity contribution in [1.29, 1.82) is 0 Å². The molecule has 0 heterocycles. The third-order valence-corrected chi connectivity index (χ3v) is 4.74. The van der Waals surface area contributed by atoms with Gasteiger partial charge in [-0.15, -0.1) is 0 Å². The predicted octanol–water partition coefficient (Wildman–Crippen LogP) is 3.52. The Labute approximate surface area is 94.0 Å². The maximum absolute atomic E-state index is 12.3. The minimum Gasteiger partial charge on any atom is -0.384 e. The molecule has 94 valence electrons. The fraction of sp³-hybridized carbons (Fsp3) is 1.00. The van der Waals surface area contributed by atoms with Crippen LogP contribution in [-0.2, 0) is 0 Å². The highest BCUT2D eigenvalue weighted by Gasteiger charge is 2.56. The second-order valence-corrected chi connectivity index (χ2v) is 6.34. The van der Waals surface area contributed by atoms with Crippen molar-refractivity contribution in [3.8, 4) is 0 Å². The number of hydrogen-bond acceptors (Lipinski definition) is 1. The van der Waals surface area contributed by atoms with E-state index >= 15 is 0 Å². The van der Waals surface area contributed by atoms with Gasteiger partial charge >= 0.3 is 6.18 Å². The van der Waals surface area contributed by atoms with Crippen molar-refractivity contribution in [3.05, 3.63) is 0 Å². The smallest absolute Gasteiger partial charge is 0.384 e. The van der Waals surface area contributed by atoms with Gasteiger partial charge in [-0.3, -0.25) is 0 Å². The highest BCUT2D eigenvalue weighted by molar-refractivity contribution is 5.05. The Morgan fingerprint density at radius 1 is 1.31 bits per heavy atom. The SMILES string of the molecule is CC12CCC(C)(C1)C(CC(O)C(F)(F)F)C2. The van der Waals surface area contributed by atoms with Crippen molar-refractivity contribution >= 4 is 0 Å². The number of fused-ring (bicyclic) bond motifs is 2. The summed E-state index contributed by atoms with van der Waals surface area (Å²) in [4.78, 5) is 0. The summed E-state index contributed by atoms with van der Waals surface area (Å²) < 4.78 is 36.9. The molecule has 1 N–H and O–H groups in total. The van der Waals surface area contributed by atoms with Crippen LogP contribution in [0.2, 0.25) is 0 Å². The lowest BCUT2D eigenvalue weighted by atomic mass is 9.72. The molecule has 0 spiro atoms. The quantitative estimate of drug-likeness (QED) is 0.777. The largest absolute Gasteiger partial charge is 0.414 e. The van der Waals surface area contributed by atoms with Crippen molar-refractivity contribution in [1.82, 2.24) is 0 Å². The third kappa shape index (κ3) is 1.96. The molecule has 0 aliphatic heterocycles. The van der Waals surface area contributed by atoms with Crippen LogP contribution in [0.3, 0.4) is 0 Å². The van der Waals surface area contributed by atoms with E-state index < -0.39 is 12.3 Å². The van der Waals surface area contributed by atoms with Crippen LogP contribution in [0.4, 0.5) is 13.2 Å². The van der Waals surface area contributed by atoms with E-state index in [0.29, 0.717) is 0 Å². The van der Waals surface area contributed by atoms with Crippen molar-refractivity contribution < 1.29 is 18.3 Å². The zero-order valence-corrected chi connectivity index (χ0v) is 9.77. The first-order valence-electron chi connectivity index (χ1n) is 5.90. The molecular weight excluding hydrogens is 217 g/mol. The fourth-order valence-corrected chi connectivity index (χ4v) is 3.87. The van der Waals surface area contributed by atoms with Crippen LogP contribution in [0.1, 0.15) is 46.0 Å². The molecule has 2 aliphatic rings. The first kappa shape index (κ1) is 12.2. The summed E-state index contributed by atoms with van der Waals surface area (Å²) in [5.41, 5.74) is 0.256. The maximum Gasteiger partial charge on any atom is 0.414 e. The zero-order valence-electron chi connectivity index (χ0n) is 9.77. The van der Waals surface area contributed by atoms with Crippen LogP contribution >= 0.6 is 0 Å². The van der Waals surface area contributed by atoms with Gasteiger partial charge in [-0.1, -0.05) is 13.8 Å². The molecule has 4 atom stereocenters. The number of aliphatic hydroxyl groups is 1. The first-order valence-corrected chi connectivity index (χ1v) is 5.90. The molecule has 4 heteroatoms. The maximum atomic E-state index is 12.3. The molecule has 0 saturated heterocycles. The van der Waals surface area contributed by atoms with Gasteiger partial charge in [-0.2, -0.15) is 13.2 Å². The Morgan fingerprint density at radius 2 is 1.94 bits per heavy atom. The molecule has 1 nitrogen and oxygen atoms in total. The lowest BCUT2D eigenvalue weighted by molar-refractivity contribution is -0.210. The molecule has 0 amide bonds. The van der Waals surface area contributed by atoms with E-state index in [4.69, 9.17) is 5.11 Å². The lowest BCUT2D eigenvalue weighted by Gasteiger charge is -2.34. The van der Waals surface area contributed by atoms with E-state index in [1.165, 1.54) is 0 Å². The normalized spacial score (nSPS) is 45.0. The number of rotatable bonds is 2. The molecule has 4 unspecified atom stereocenters. The van der Waals surface area contributed by atoms with Gasteiger partial charge in [0, 0.05) is 0 Å². The summed E-state index contributed by atoms with van der Waals surface area (Å²) in [5.74, 6) is 0.0304. The first-order chi connectivity index (χ1) is 7.15. The minimum atomic E-state index is -4.46. The second kappa shape index (κ2) is 3.37. The third-order valence-electron chi connectivity index (χ3n) is 4.74. The Hall–Kier alpha value is -0.250. The van der Waals surface area contributed by atoms with Crippen LogP contribution in [0.15, 0.2) is 0 Å². The van der Waals surface area contributed by atoms with E-state index in [2.05, 4.69) is 13.8 Å². The van der Waals surface area contributed by atoms with Crippen LogP contribution in [0, 0.1) is 16.7 Å². The molecule has 0 aromatic rings. The Morgan fingerprint density at radius 3 is 2.31 bits per heavy atom. The highest BCUT2D eigenvalue weighted by atomic mass is 19.4. The monoisotopic (exact) mass is 236 g/mol. The summed E-state index contributed by atoms with van der Waals surface area (Å²) in [6.07, 6.45) is -2.71. The van der Waals surface area contributed by atoms with Gasteiger partial charge in [-0.05, 0) is 48.9 Å². The van der Waals surface area contributed by atoms with Crippen LogP contribution in [-0.4, -0.2) is 17.4 Å². The molecule has 0 aromatic heterocycles. The molecular formula is C12H19F3O. The van der Waals surface area contributed by atoms with Gasteiger partial charge in [-0.25, -0.2) is 0 Å². The van der Waals surface area contributed by atoms with Gasteiger partial charge < -0.3 is 5.11 Å². The van der Waals surface area contributed by atoms with Gasteiger partial charge in [0.15, 0.2) is 0 Å². The number of aliphatic hydroxyl groups excluding tert-OH is 1. The average Bonchev–Trinajstić information content (AvgIpc) is 2.52. The highest BCUT2D eigenvalue weighted by Crippen LogP contribution is 2.65. The Bertz CT molecular complexity index is 288. The molecule has 2 fully saturated rings. The van der Waals surface area contributed by atoms with Gasteiger partial charge in [0.05, 0.1) is 0 Å². The minimum absolute atomic E-state index is 0.0288. The van der Waals surface area contributed by atoms with Crippen LogP contribution < -0.4 is 0 Å². The predicted molar refractivity (Wildman–Crippen MR) is 54.9 cm³/mol. The standard InChI is InChI=1S/C12H19F3O/c1-10-3-4-11(2,7-10)8(6-10)5-9(16)12(13,14)15/h8-9,16H,3-7H2,1-2H3. The zero-order chi connectivity index (χ0) is 12.2. The summed E-state index contributed by atoms with van der Waals surface area (Å²) in [5, 5.41) is 9.15. The van der Waals surface area contributed by atoms with Crippen molar-refractivity contribution in [2.24, 2.45) is 16.7 Å². The van der Waals surface area contributed by atoms with E-state index in [1.807, 2.05) is 0 Å². The number of alkyl halides is 3. The van der Waals surface area contributed by atoms with Gasteiger partial charge in [0.2, 0.25) is 0 Å². The Kier molecular flexibility index (Phi) is 2.58. The van der Waals surface area contributed by atoms with Crippen molar-refractivity contribution in [2.45, 2.75) is 58.2 Å². The molecule has 0 aromatic carbocycles. The van der Waals surface area contributed by atoms with Crippen LogP contribution in [0.5, 0.6) is 0 Å².